The van der Waals surface area contributed by atoms with E-state index in [1.165, 1.54) is 13.3 Å². The number of hydrogen-bond acceptors (Lipinski definition) is 6. The van der Waals surface area contributed by atoms with E-state index in [0.717, 1.165) is 33.4 Å². The molecule has 3 N–H and O–H groups in total. The Kier molecular flexibility index (Phi) is 6.80. The minimum absolute atomic E-state index is 0.0912. The maximum atomic E-state index is 12.9. The molecule has 2 heterocycles. The number of benzene rings is 3. The Morgan fingerprint density at radius 2 is 1.54 bits per heavy atom. The number of carbonyl (C=O) groups is 2. The smallest absolute Gasteiger partial charge is 0.257 e. The van der Waals surface area contributed by atoms with Gasteiger partial charge in [0, 0.05) is 48.1 Å². The maximum Gasteiger partial charge on any atom is 0.257 e. The quantitative estimate of drug-likeness (QED) is 0.279. The summed E-state index contributed by atoms with van der Waals surface area (Å²) in [5.74, 6) is 0.0697. The SMILES string of the molecule is CC(=O)Nc1ccc(CNc2ccc(-c3cc(NC(=O)c4ccnc5ccccc45)ncn3)cc2)cc1. The molecule has 3 aromatic carbocycles. The molecule has 2 aromatic heterocycles. The number of rotatable bonds is 7. The number of hydrogen-bond donors (Lipinski definition) is 3. The molecule has 5 rings (SSSR count). The number of carbonyl (C=O) groups excluding carboxylic acids is 2. The van der Waals surface area contributed by atoms with Crippen LogP contribution < -0.4 is 16.0 Å². The zero-order chi connectivity index (χ0) is 25.6. The van der Waals surface area contributed by atoms with Crippen LogP contribution in [-0.2, 0) is 11.3 Å². The molecule has 0 aliphatic heterocycles. The lowest BCUT2D eigenvalue weighted by Gasteiger charge is -2.10. The normalized spacial score (nSPS) is 10.6. The molecule has 182 valence electrons. The average Bonchev–Trinajstić information content (AvgIpc) is 2.92. The third-order valence-electron chi connectivity index (χ3n) is 5.75. The van der Waals surface area contributed by atoms with Crippen LogP contribution in [-0.4, -0.2) is 26.8 Å². The second-order valence-corrected chi connectivity index (χ2v) is 8.43. The molecule has 0 bridgehead atoms. The first-order chi connectivity index (χ1) is 18.0. The number of para-hydroxylation sites is 1. The Morgan fingerprint density at radius 3 is 2.32 bits per heavy atom. The first-order valence-corrected chi connectivity index (χ1v) is 11.7. The van der Waals surface area contributed by atoms with Crippen LogP contribution in [0.25, 0.3) is 22.2 Å². The lowest BCUT2D eigenvalue weighted by molar-refractivity contribution is -0.114. The standard InChI is InChI=1S/C29H24N6O2/c1-19(36)34-23-10-6-20(7-11-23)17-31-22-12-8-21(9-13-22)27-16-28(33-18-32-27)35-29(37)25-14-15-30-26-5-3-2-4-24(25)26/h2-16,18,31H,17H2,1H3,(H,34,36)(H,32,33,35,37). The van der Waals surface area contributed by atoms with E-state index in [0.29, 0.717) is 23.6 Å². The molecular formula is C29H24N6O2. The summed E-state index contributed by atoms with van der Waals surface area (Å²) in [5.41, 5.74) is 5.72. The minimum Gasteiger partial charge on any atom is -0.381 e. The fourth-order valence-electron chi connectivity index (χ4n) is 3.93. The van der Waals surface area contributed by atoms with Gasteiger partial charge < -0.3 is 16.0 Å². The van der Waals surface area contributed by atoms with Crippen LogP contribution in [0.5, 0.6) is 0 Å². The fraction of sp³-hybridized carbons (Fsp3) is 0.0690. The minimum atomic E-state index is -0.257. The lowest BCUT2D eigenvalue weighted by atomic mass is 10.1. The summed E-state index contributed by atoms with van der Waals surface area (Å²) in [6.07, 6.45) is 3.06. The van der Waals surface area contributed by atoms with Crippen LogP contribution in [0.4, 0.5) is 17.2 Å². The number of nitrogens with zero attached hydrogens (tertiary/aromatic N) is 3. The summed E-state index contributed by atoms with van der Waals surface area (Å²) in [6.45, 7) is 2.13. The van der Waals surface area contributed by atoms with E-state index in [9.17, 15) is 9.59 Å². The molecule has 0 spiro atoms. The average molecular weight is 489 g/mol. The molecule has 8 nitrogen and oxygen atoms in total. The van der Waals surface area contributed by atoms with Crippen molar-refractivity contribution >= 4 is 39.9 Å². The Balaban J connectivity index is 1.24. The molecule has 0 atom stereocenters. The number of fused-ring (bicyclic) bond motifs is 1. The number of pyridine rings is 1. The number of amides is 2. The van der Waals surface area contributed by atoms with E-state index in [4.69, 9.17) is 0 Å². The highest BCUT2D eigenvalue weighted by molar-refractivity contribution is 6.12. The topological polar surface area (TPSA) is 109 Å². The first-order valence-electron chi connectivity index (χ1n) is 11.7. The van der Waals surface area contributed by atoms with Crippen LogP contribution in [0.1, 0.15) is 22.8 Å². The van der Waals surface area contributed by atoms with Gasteiger partial charge in [-0.3, -0.25) is 14.6 Å². The molecule has 0 saturated heterocycles. The van der Waals surface area contributed by atoms with E-state index in [1.807, 2.05) is 72.8 Å². The van der Waals surface area contributed by atoms with Crippen LogP contribution in [0, 0.1) is 0 Å². The maximum absolute atomic E-state index is 12.9. The lowest BCUT2D eigenvalue weighted by Crippen LogP contribution is -2.13. The van der Waals surface area contributed by atoms with Gasteiger partial charge in [0.05, 0.1) is 16.8 Å². The Labute approximate surface area is 213 Å². The van der Waals surface area contributed by atoms with E-state index in [1.54, 1.807) is 18.3 Å². The molecule has 0 fully saturated rings. The zero-order valence-electron chi connectivity index (χ0n) is 20.1. The van der Waals surface area contributed by atoms with Gasteiger partial charge in [-0.15, -0.1) is 0 Å². The van der Waals surface area contributed by atoms with Crippen LogP contribution in [0.15, 0.2) is 97.5 Å². The van der Waals surface area contributed by atoms with Gasteiger partial charge in [0.2, 0.25) is 5.91 Å². The van der Waals surface area contributed by atoms with Crippen molar-refractivity contribution in [1.82, 2.24) is 15.0 Å². The third kappa shape index (κ3) is 5.76. The molecule has 0 saturated carbocycles. The van der Waals surface area contributed by atoms with Crippen molar-refractivity contribution in [2.45, 2.75) is 13.5 Å². The van der Waals surface area contributed by atoms with Gasteiger partial charge in [-0.1, -0.05) is 42.5 Å². The summed E-state index contributed by atoms with van der Waals surface area (Å²) in [4.78, 5) is 37.0. The van der Waals surface area contributed by atoms with Crippen molar-refractivity contribution in [1.29, 1.82) is 0 Å². The van der Waals surface area contributed by atoms with Gasteiger partial charge in [-0.25, -0.2) is 9.97 Å². The molecule has 0 aliphatic rings. The molecule has 37 heavy (non-hydrogen) atoms. The van der Waals surface area contributed by atoms with Crippen molar-refractivity contribution in [3.63, 3.8) is 0 Å². The third-order valence-corrected chi connectivity index (χ3v) is 5.75. The highest BCUT2D eigenvalue weighted by Gasteiger charge is 2.12. The van der Waals surface area contributed by atoms with Crippen molar-refractivity contribution in [2.75, 3.05) is 16.0 Å². The summed E-state index contributed by atoms with van der Waals surface area (Å²) >= 11 is 0. The molecular weight excluding hydrogens is 464 g/mol. The predicted molar refractivity (Wildman–Crippen MR) is 145 cm³/mol. The molecule has 0 aliphatic carbocycles. The van der Waals surface area contributed by atoms with E-state index < -0.39 is 0 Å². The van der Waals surface area contributed by atoms with Crippen LogP contribution in [0.2, 0.25) is 0 Å². The highest BCUT2D eigenvalue weighted by Crippen LogP contribution is 2.23. The van der Waals surface area contributed by atoms with Gasteiger partial charge in [-0.2, -0.15) is 0 Å². The molecule has 0 radical (unpaired) electrons. The van der Waals surface area contributed by atoms with Gasteiger partial charge in [-0.05, 0) is 42.0 Å². The predicted octanol–water partition coefficient (Wildman–Crippen LogP) is 5.51. The van der Waals surface area contributed by atoms with Gasteiger partial charge >= 0.3 is 0 Å². The van der Waals surface area contributed by atoms with E-state index in [-0.39, 0.29) is 11.8 Å². The number of aromatic nitrogens is 3. The molecule has 8 heteroatoms. The second-order valence-electron chi connectivity index (χ2n) is 8.43. The largest absolute Gasteiger partial charge is 0.381 e. The van der Waals surface area contributed by atoms with Crippen LogP contribution >= 0.6 is 0 Å². The van der Waals surface area contributed by atoms with Gasteiger partial charge in [0.15, 0.2) is 0 Å². The van der Waals surface area contributed by atoms with Crippen molar-refractivity contribution < 1.29 is 9.59 Å². The summed E-state index contributed by atoms with van der Waals surface area (Å²) in [5, 5.41) is 9.80. The molecule has 5 aromatic rings. The second kappa shape index (κ2) is 10.7. The Bertz CT molecular complexity index is 1560. The Hall–Kier alpha value is -5.11. The van der Waals surface area contributed by atoms with Gasteiger partial charge in [0.25, 0.3) is 5.91 Å². The number of anilines is 3. The van der Waals surface area contributed by atoms with Gasteiger partial charge in [0.1, 0.15) is 12.1 Å². The first kappa shape index (κ1) is 23.6. The Morgan fingerprint density at radius 1 is 0.784 bits per heavy atom. The van der Waals surface area contributed by atoms with Crippen LogP contribution in [0.3, 0.4) is 0 Å². The highest BCUT2D eigenvalue weighted by atomic mass is 16.2. The monoisotopic (exact) mass is 488 g/mol. The van der Waals surface area contributed by atoms with E-state index >= 15 is 0 Å². The van der Waals surface area contributed by atoms with Crippen molar-refractivity contribution in [3.05, 3.63) is 109 Å². The molecule has 2 amide bonds. The van der Waals surface area contributed by atoms with Crippen molar-refractivity contribution in [2.24, 2.45) is 0 Å². The van der Waals surface area contributed by atoms with E-state index in [2.05, 4.69) is 30.9 Å². The fourth-order valence-corrected chi connectivity index (χ4v) is 3.93. The summed E-state index contributed by atoms with van der Waals surface area (Å²) < 4.78 is 0. The molecule has 0 unspecified atom stereocenters. The summed E-state index contributed by atoms with van der Waals surface area (Å²) in [6, 6.07) is 26.5. The zero-order valence-corrected chi connectivity index (χ0v) is 20.1. The number of nitrogens with one attached hydrogen (secondary N) is 3. The summed E-state index contributed by atoms with van der Waals surface area (Å²) in [7, 11) is 0. The van der Waals surface area contributed by atoms with Crippen molar-refractivity contribution in [3.8, 4) is 11.3 Å².